The van der Waals surface area contributed by atoms with Crippen molar-refractivity contribution in [2.45, 2.75) is 4.90 Å². The van der Waals surface area contributed by atoms with Gasteiger partial charge in [0.2, 0.25) is 10.0 Å². The monoisotopic (exact) mass is 324 g/mol. The molecule has 0 amide bonds. The summed E-state index contributed by atoms with van der Waals surface area (Å²) in [6.45, 7) is 3.36. The van der Waals surface area contributed by atoms with E-state index in [9.17, 15) is 8.42 Å². The van der Waals surface area contributed by atoms with Crippen molar-refractivity contribution in [1.29, 1.82) is 0 Å². The highest BCUT2D eigenvalue weighted by Gasteiger charge is 2.16. The maximum Gasteiger partial charge on any atom is 0.242 e. The summed E-state index contributed by atoms with van der Waals surface area (Å²) in [7, 11) is -3.64. The molecular weight excluding hydrogens is 316 g/mol. The zero-order chi connectivity index (χ0) is 12.3. The van der Waals surface area contributed by atoms with Gasteiger partial charge in [-0.2, -0.15) is 0 Å². The summed E-state index contributed by atoms with van der Waals surface area (Å²) in [6.07, 6.45) is 0. The normalized spacial score (nSPS) is 11.4. The summed E-state index contributed by atoms with van der Waals surface area (Å²) < 4.78 is 26.5. The summed E-state index contributed by atoms with van der Waals surface area (Å²) in [4.78, 5) is 0.0219. The van der Waals surface area contributed by atoms with Gasteiger partial charge in [0, 0.05) is 16.0 Å². The lowest BCUT2D eigenvalue weighted by Gasteiger charge is -2.08. The minimum absolute atomic E-state index is 0.0219. The van der Waals surface area contributed by atoms with Crippen LogP contribution in [-0.4, -0.2) is 15.0 Å². The Morgan fingerprint density at radius 2 is 2.19 bits per heavy atom. The highest BCUT2D eigenvalue weighted by Crippen LogP contribution is 2.22. The fourth-order valence-electron chi connectivity index (χ4n) is 1.02. The Bertz CT molecular complexity index is 516. The van der Waals surface area contributed by atoms with E-state index in [1.54, 1.807) is 6.07 Å². The number of anilines is 1. The summed E-state index contributed by atoms with van der Waals surface area (Å²) in [5.41, 5.74) is 5.78. The number of hydrogen-bond donors (Lipinski definition) is 2. The Hall–Kier alpha value is -0.560. The van der Waals surface area contributed by atoms with Crippen LogP contribution in [0.2, 0.25) is 0 Å². The van der Waals surface area contributed by atoms with E-state index in [4.69, 9.17) is 17.3 Å². The summed E-state index contributed by atoms with van der Waals surface area (Å²) >= 11 is 8.67. The molecule has 0 aliphatic rings. The van der Waals surface area contributed by atoms with Crippen molar-refractivity contribution < 1.29 is 8.42 Å². The third-order valence-electron chi connectivity index (χ3n) is 1.72. The first-order valence-electron chi connectivity index (χ1n) is 4.21. The highest BCUT2D eigenvalue weighted by atomic mass is 79.9. The first kappa shape index (κ1) is 13.5. The summed E-state index contributed by atoms with van der Waals surface area (Å²) in [5.74, 6) is 0. The lowest BCUT2D eigenvalue weighted by molar-refractivity contribution is 0.586. The topological polar surface area (TPSA) is 72.2 Å². The maximum absolute atomic E-state index is 11.8. The van der Waals surface area contributed by atoms with Gasteiger partial charge < -0.3 is 5.73 Å². The van der Waals surface area contributed by atoms with E-state index in [1.165, 1.54) is 12.1 Å². The molecule has 0 radical (unpaired) electrons. The Morgan fingerprint density at radius 3 is 2.69 bits per heavy atom. The molecule has 0 aliphatic carbocycles. The average Bonchev–Trinajstić information content (AvgIpc) is 2.14. The molecule has 1 aromatic rings. The van der Waals surface area contributed by atoms with Crippen LogP contribution in [0.25, 0.3) is 0 Å². The van der Waals surface area contributed by atoms with Crippen molar-refractivity contribution >= 4 is 43.2 Å². The van der Waals surface area contributed by atoms with E-state index in [1.807, 2.05) is 0 Å². The van der Waals surface area contributed by atoms with Gasteiger partial charge in [-0.05, 0) is 18.2 Å². The molecule has 0 atom stereocenters. The van der Waals surface area contributed by atoms with Crippen LogP contribution in [0, 0.1) is 0 Å². The first-order valence-corrected chi connectivity index (χ1v) is 6.86. The number of benzene rings is 1. The molecule has 16 heavy (non-hydrogen) atoms. The van der Waals surface area contributed by atoms with Crippen LogP contribution in [0.1, 0.15) is 0 Å². The second kappa shape index (κ2) is 5.18. The van der Waals surface area contributed by atoms with Crippen LogP contribution in [0.5, 0.6) is 0 Å². The SMILES string of the molecule is C=C(Cl)CNS(=O)(=O)c1ccc(Br)cc1N. The smallest absolute Gasteiger partial charge is 0.242 e. The highest BCUT2D eigenvalue weighted by molar-refractivity contribution is 9.10. The largest absolute Gasteiger partial charge is 0.398 e. The molecule has 0 heterocycles. The molecular formula is C9H10BrClN2O2S. The van der Waals surface area contributed by atoms with E-state index in [-0.39, 0.29) is 22.2 Å². The molecule has 88 valence electrons. The van der Waals surface area contributed by atoms with Crippen molar-refractivity contribution in [1.82, 2.24) is 4.72 Å². The van der Waals surface area contributed by atoms with E-state index in [0.717, 1.165) is 0 Å². The molecule has 0 aromatic heterocycles. The Balaban J connectivity index is 3.03. The fraction of sp³-hybridized carbons (Fsp3) is 0.111. The van der Waals surface area contributed by atoms with Crippen LogP contribution < -0.4 is 10.5 Å². The molecule has 0 saturated heterocycles. The summed E-state index contributed by atoms with van der Waals surface area (Å²) in [5, 5.41) is 0.208. The molecule has 0 aliphatic heterocycles. The molecule has 0 unspecified atom stereocenters. The van der Waals surface area contributed by atoms with E-state index in [0.29, 0.717) is 4.47 Å². The molecule has 3 N–H and O–H groups in total. The predicted molar refractivity (Wildman–Crippen MR) is 68.7 cm³/mol. The second-order valence-electron chi connectivity index (χ2n) is 3.02. The molecule has 4 nitrogen and oxygen atoms in total. The third kappa shape index (κ3) is 3.48. The van der Waals surface area contributed by atoms with Gasteiger partial charge in [0.25, 0.3) is 0 Å². The average molecular weight is 326 g/mol. The van der Waals surface area contributed by atoms with Crippen molar-refractivity contribution in [3.63, 3.8) is 0 Å². The molecule has 0 bridgehead atoms. The van der Waals surface area contributed by atoms with Gasteiger partial charge in [-0.1, -0.05) is 34.1 Å². The number of nitrogen functional groups attached to an aromatic ring is 1. The molecule has 0 fully saturated rings. The van der Waals surface area contributed by atoms with Gasteiger partial charge in [-0.3, -0.25) is 0 Å². The van der Waals surface area contributed by atoms with E-state index in [2.05, 4.69) is 27.2 Å². The van der Waals surface area contributed by atoms with Gasteiger partial charge in [-0.25, -0.2) is 13.1 Å². The number of halogens is 2. The number of nitrogens with one attached hydrogen (secondary N) is 1. The van der Waals surface area contributed by atoms with Gasteiger partial charge in [0.15, 0.2) is 0 Å². The standard InChI is InChI=1S/C9H10BrClN2O2S/c1-6(11)5-13-16(14,15)9-3-2-7(10)4-8(9)12/h2-4,13H,1,5,12H2. The number of hydrogen-bond acceptors (Lipinski definition) is 3. The zero-order valence-corrected chi connectivity index (χ0v) is 11.4. The summed E-state index contributed by atoms with van der Waals surface area (Å²) in [6, 6.07) is 4.53. The first-order chi connectivity index (χ1) is 7.33. The Morgan fingerprint density at radius 1 is 1.56 bits per heavy atom. The Labute approximate surface area is 108 Å². The predicted octanol–water partition coefficient (Wildman–Crippen LogP) is 2.06. The number of rotatable bonds is 4. The minimum atomic E-state index is -3.64. The van der Waals surface area contributed by atoms with Crippen LogP contribution >= 0.6 is 27.5 Å². The second-order valence-corrected chi connectivity index (χ2v) is 6.21. The van der Waals surface area contributed by atoms with E-state index >= 15 is 0 Å². The van der Waals surface area contributed by atoms with Gasteiger partial charge in [-0.15, -0.1) is 0 Å². The van der Waals surface area contributed by atoms with Crippen LogP contribution in [0.15, 0.2) is 39.2 Å². The molecule has 1 rings (SSSR count). The van der Waals surface area contributed by atoms with Crippen LogP contribution in [0.3, 0.4) is 0 Å². The Kier molecular flexibility index (Phi) is 4.37. The van der Waals surface area contributed by atoms with Crippen LogP contribution in [0.4, 0.5) is 5.69 Å². The van der Waals surface area contributed by atoms with Gasteiger partial charge in [0.1, 0.15) is 4.90 Å². The maximum atomic E-state index is 11.8. The van der Waals surface area contributed by atoms with Crippen LogP contribution in [-0.2, 0) is 10.0 Å². The van der Waals surface area contributed by atoms with Crippen molar-refractivity contribution in [3.8, 4) is 0 Å². The molecule has 0 saturated carbocycles. The van der Waals surface area contributed by atoms with E-state index < -0.39 is 10.0 Å². The van der Waals surface area contributed by atoms with Gasteiger partial charge in [0.05, 0.1) is 5.69 Å². The lowest BCUT2D eigenvalue weighted by atomic mass is 10.3. The number of nitrogens with two attached hydrogens (primary N) is 1. The van der Waals surface area contributed by atoms with Crippen molar-refractivity contribution in [3.05, 3.63) is 34.3 Å². The van der Waals surface area contributed by atoms with Gasteiger partial charge >= 0.3 is 0 Å². The molecule has 1 aromatic carbocycles. The zero-order valence-electron chi connectivity index (χ0n) is 8.20. The molecule has 0 spiro atoms. The third-order valence-corrected chi connectivity index (χ3v) is 3.82. The lowest BCUT2D eigenvalue weighted by Crippen LogP contribution is -2.25. The fourth-order valence-corrected chi connectivity index (χ4v) is 2.68. The quantitative estimate of drug-likeness (QED) is 0.832. The minimum Gasteiger partial charge on any atom is -0.398 e. The molecule has 7 heteroatoms. The van der Waals surface area contributed by atoms with Crippen molar-refractivity contribution in [2.75, 3.05) is 12.3 Å². The van der Waals surface area contributed by atoms with Crippen molar-refractivity contribution in [2.24, 2.45) is 0 Å². The number of sulfonamides is 1.